The van der Waals surface area contributed by atoms with Crippen molar-refractivity contribution < 1.29 is 13.9 Å². The fourth-order valence-electron chi connectivity index (χ4n) is 5.96. The maximum atomic E-state index is 13.7. The van der Waals surface area contributed by atoms with Crippen molar-refractivity contribution in [1.29, 1.82) is 0 Å². The molecule has 0 N–H and O–H groups in total. The van der Waals surface area contributed by atoms with Gasteiger partial charge in [0.15, 0.2) is 0 Å². The highest BCUT2D eigenvalue weighted by molar-refractivity contribution is 5.69. The first kappa shape index (κ1) is 30.0. The minimum Gasteiger partial charge on any atom is -0.444 e. The smallest absolute Gasteiger partial charge is 0.410 e. The Kier molecular flexibility index (Phi) is 8.30. The quantitative estimate of drug-likeness (QED) is 0.373. The third kappa shape index (κ3) is 6.86. The topological polar surface area (TPSA) is 115 Å². The largest absolute Gasteiger partial charge is 0.444 e. The minimum atomic E-state index is -0.859. The first-order valence-corrected chi connectivity index (χ1v) is 15.6. The van der Waals surface area contributed by atoms with Crippen LogP contribution in [-0.2, 0) is 4.74 Å². The number of aromatic nitrogens is 6. The number of nitrogens with zero attached hydrogens (tertiary/aromatic N) is 9. The molecule has 0 aromatic carbocycles. The van der Waals surface area contributed by atoms with E-state index in [1.54, 1.807) is 40.1 Å². The standard InChI is InChI=1S/C31H42FN9O3/c1-21(41-20-27(35-36-41)26-15-33-16-28(34-26)38-12-9-23(32)18-38)39-13-10-24(14-29(39)42)37-11-5-6-25(19-37)40(17-22-7-8-22)30(43)44-31(2,3)4/h10,13-16,20-23,25H,5-9,11-12,17-19H2,1-4H3/t21?,23-,25+/m0/s1. The van der Waals surface area contributed by atoms with Gasteiger partial charge in [0.2, 0.25) is 0 Å². The Morgan fingerprint density at radius 1 is 1.11 bits per heavy atom. The van der Waals surface area contributed by atoms with Crippen molar-refractivity contribution in [3.8, 4) is 11.4 Å². The van der Waals surface area contributed by atoms with E-state index in [0.717, 1.165) is 44.5 Å². The SMILES string of the molecule is CC(n1cc(-c2cncc(N3CC[C@H](F)C3)n2)nn1)n1ccc(N2CCC[C@@H](N(CC3CC3)C(=O)OC(C)(C)C)C2)cc1=O. The molecule has 0 radical (unpaired) electrons. The molecule has 44 heavy (non-hydrogen) atoms. The van der Waals surface area contributed by atoms with Crippen LogP contribution in [0.5, 0.6) is 0 Å². The average Bonchev–Trinajstić information content (AvgIpc) is 3.48. The van der Waals surface area contributed by atoms with E-state index in [2.05, 4.69) is 25.2 Å². The van der Waals surface area contributed by atoms with Gasteiger partial charge in [-0.25, -0.2) is 18.9 Å². The van der Waals surface area contributed by atoms with Gasteiger partial charge in [-0.3, -0.25) is 14.3 Å². The van der Waals surface area contributed by atoms with Crippen LogP contribution in [0.25, 0.3) is 11.4 Å². The second kappa shape index (κ2) is 12.2. The van der Waals surface area contributed by atoms with Crippen LogP contribution in [0.3, 0.4) is 0 Å². The van der Waals surface area contributed by atoms with E-state index in [1.807, 2.05) is 43.6 Å². The summed E-state index contributed by atoms with van der Waals surface area (Å²) >= 11 is 0. The molecule has 5 heterocycles. The molecule has 2 saturated heterocycles. The number of piperidine rings is 1. The third-order valence-electron chi connectivity index (χ3n) is 8.55. The lowest BCUT2D eigenvalue weighted by Crippen LogP contribution is -2.52. The second-order valence-electron chi connectivity index (χ2n) is 13.3. The number of halogens is 1. The maximum Gasteiger partial charge on any atom is 0.410 e. The predicted molar refractivity (Wildman–Crippen MR) is 164 cm³/mol. The Bertz CT molecular complexity index is 1530. The lowest BCUT2D eigenvalue weighted by atomic mass is 10.0. The number of pyridine rings is 1. The number of alkyl halides is 1. The average molecular weight is 608 g/mol. The molecule has 3 aliphatic rings. The summed E-state index contributed by atoms with van der Waals surface area (Å²) in [4.78, 5) is 41.4. The van der Waals surface area contributed by atoms with E-state index in [9.17, 15) is 14.0 Å². The van der Waals surface area contributed by atoms with Gasteiger partial charge in [0, 0.05) is 44.1 Å². The molecule has 0 bridgehead atoms. The maximum absolute atomic E-state index is 13.7. The van der Waals surface area contributed by atoms with Gasteiger partial charge < -0.3 is 19.4 Å². The molecule has 3 aromatic heterocycles. The summed E-state index contributed by atoms with van der Waals surface area (Å²) < 4.78 is 22.7. The summed E-state index contributed by atoms with van der Waals surface area (Å²) in [5, 5.41) is 8.54. The van der Waals surface area contributed by atoms with Crippen LogP contribution in [0.1, 0.15) is 66.0 Å². The molecule has 1 saturated carbocycles. The van der Waals surface area contributed by atoms with Crippen LogP contribution in [-0.4, -0.2) is 91.1 Å². The van der Waals surface area contributed by atoms with E-state index in [4.69, 9.17) is 4.74 Å². The zero-order valence-corrected chi connectivity index (χ0v) is 26.0. The van der Waals surface area contributed by atoms with E-state index in [1.165, 1.54) is 0 Å². The molecule has 1 unspecified atom stereocenters. The molecule has 236 valence electrons. The highest BCUT2D eigenvalue weighted by Gasteiger charge is 2.36. The molecular weight excluding hydrogens is 565 g/mol. The lowest BCUT2D eigenvalue weighted by molar-refractivity contribution is 0.0134. The van der Waals surface area contributed by atoms with Crippen molar-refractivity contribution >= 4 is 17.6 Å². The number of carbonyl (C=O) groups excluding carboxylic acids is 1. The monoisotopic (exact) mass is 607 g/mol. The molecule has 13 heteroatoms. The van der Waals surface area contributed by atoms with E-state index in [-0.39, 0.29) is 17.7 Å². The number of hydrogen-bond acceptors (Lipinski definition) is 9. The molecule has 6 rings (SSSR count). The summed E-state index contributed by atoms with van der Waals surface area (Å²) in [6.45, 7) is 10.7. The summed E-state index contributed by atoms with van der Waals surface area (Å²) in [6.07, 6.45) is 9.82. The summed E-state index contributed by atoms with van der Waals surface area (Å²) in [7, 11) is 0. The molecule has 12 nitrogen and oxygen atoms in total. The van der Waals surface area contributed by atoms with Crippen molar-refractivity contribution in [2.75, 3.05) is 42.5 Å². The Morgan fingerprint density at radius 2 is 1.93 bits per heavy atom. The van der Waals surface area contributed by atoms with Crippen molar-refractivity contribution in [3.63, 3.8) is 0 Å². The third-order valence-corrected chi connectivity index (χ3v) is 8.55. The number of anilines is 2. The summed E-state index contributed by atoms with van der Waals surface area (Å²) in [6, 6.07) is 3.62. The molecule has 2 aliphatic heterocycles. The Morgan fingerprint density at radius 3 is 2.64 bits per heavy atom. The van der Waals surface area contributed by atoms with Gasteiger partial charge in [-0.05, 0) is 71.8 Å². The Hall–Kier alpha value is -4.03. The number of ether oxygens (including phenoxy) is 1. The predicted octanol–water partition coefficient (Wildman–Crippen LogP) is 4.13. The number of rotatable bonds is 8. The van der Waals surface area contributed by atoms with Gasteiger partial charge in [-0.1, -0.05) is 5.21 Å². The molecule has 3 fully saturated rings. The first-order chi connectivity index (χ1) is 21.0. The van der Waals surface area contributed by atoms with Gasteiger partial charge in [0.05, 0.1) is 31.2 Å². The first-order valence-electron chi connectivity index (χ1n) is 15.6. The van der Waals surface area contributed by atoms with E-state index in [0.29, 0.717) is 49.2 Å². The molecular formula is C31H42FN9O3. The molecule has 0 spiro atoms. The number of hydrogen-bond donors (Lipinski definition) is 0. The van der Waals surface area contributed by atoms with Crippen LogP contribution in [0, 0.1) is 5.92 Å². The zero-order chi connectivity index (χ0) is 31.0. The fraction of sp³-hybridized carbons (Fsp3) is 0.613. The van der Waals surface area contributed by atoms with Gasteiger partial charge in [-0.2, -0.15) is 0 Å². The highest BCUT2D eigenvalue weighted by atomic mass is 19.1. The van der Waals surface area contributed by atoms with Crippen molar-refractivity contribution in [2.45, 2.75) is 83.8 Å². The summed E-state index contributed by atoms with van der Waals surface area (Å²) in [5.41, 5.74) is 1.18. The van der Waals surface area contributed by atoms with Crippen molar-refractivity contribution in [2.24, 2.45) is 5.92 Å². The van der Waals surface area contributed by atoms with E-state index >= 15 is 0 Å². The van der Waals surface area contributed by atoms with Gasteiger partial charge in [-0.15, -0.1) is 5.10 Å². The molecule has 1 aliphatic carbocycles. The van der Waals surface area contributed by atoms with E-state index < -0.39 is 17.9 Å². The molecule has 3 aromatic rings. The van der Waals surface area contributed by atoms with Gasteiger partial charge in [0.25, 0.3) is 5.56 Å². The zero-order valence-electron chi connectivity index (χ0n) is 26.0. The van der Waals surface area contributed by atoms with Crippen LogP contribution < -0.4 is 15.4 Å². The fourth-order valence-corrected chi connectivity index (χ4v) is 5.96. The van der Waals surface area contributed by atoms with Crippen molar-refractivity contribution in [1.82, 2.24) is 34.4 Å². The van der Waals surface area contributed by atoms with Gasteiger partial charge in [0.1, 0.15) is 35.1 Å². The molecule has 3 atom stereocenters. The highest BCUT2D eigenvalue weighted by Crippen LogP contribution is 2.33. The second-order valence-corrected chi connectivity index (χ2v) is 13.3. The number of amides is 1. The molecule has 1 amide bonds. The summed E-state index contributed by atoms with van der Waals surface area (Å²) in [5.74, 6) is 1.16. The Balaban J connectivity index is 1.15. The normalized spacial score (nSPS) is 21.4. The number of carbonyl (C=O) groups is 1. The minimum absolute atomic E-state index is 0.0274. The lowest BCUT2D eigenvalue weighted by Gasteiger charge is -2.40. The van der Waals surface area contributed by atoms with Gasteiger partial charge >= 0.3 is 6.09 Å². The van der Waals surface area contributed by atoms with Crippen LogP contribution >= 0.6 is 0 Å². The van der Waals surface area contributed by atoms with Crippen LogP contribution in [0.15, 0.2) is 41.7 Å². The van der Waals surface area contributed by atoms with Crippen molar-refractivity contribution in [3.05, 3.63) is 47.3 Å². The Labute approximate surface area is 256 Å². The van der Waals surface area contributed by atoms with Crippen LogP contribution in [0.2, 0.25) is 0 Å². The van der Waals surface area contributed by atoms with Crippen LogP contribution in [0.4, 0.5) is 20.7 Å².